The highest BCUT2D eigenvalue weighted by Crippen LogP contribution is 2.17. The monoisotopic (exact) mass is 993 g/mol. The molecule has 0 saturated carbocycles. The molecule has 0 N–H and O–H groups in total. The van der Waals surface area contributed by atoms with Crippen molar-refractivity contribution < 1.29 is 28.6 Å². The fourth-order valence-corrected chi connectivity index (χ4v) is 8.90. The number of carbonyl (C=O) groups excluding carboxylic acids is 3. The fraction of sp³-hybridized carbons (Fsp3) is 0.800. The summed E-state index contributed by atoms with van der Waals surface area (Å²) in [6.45, 7) is 6.50. The zero-order chi connectivity index (χ0) is 51.4. The fourth-order valence-electron chi connectivity index (χ4n) is 8.90. The van der Waals surface area contributed by atoms with Crippen LogP contribution in [0.25, 0.3) is 0 Å². The van der Waals surface area contributed by atoms with Crippen LogP contribution >= 0.6 is 0 Å². The molecule has 71 heavy (non-hydrogen) atoms. The summed E-state index contributed by atoms with van der Waals surface area (Å²) >= 11 is 0. The number of rotatable bonds is 56. The van der Waals surface area contributed by atoms with E-state index < -0.39 is 6.10 Å². The molecule has 0 heterocycles. The molecule has 0 saturated heterocycles. The summed E-state index contributed by atoms with van der Waals surface area (Å²) in [6, 6.07) is 0. The number of hydrogen-bond acceptors (Lipinski definition) is 6. The highest BCUT2D eigenvalue weighted by molar-refractivity contribution is 5.71. The molecular formula is C65H116O6. The van der Waals surface area contributed by atoms with Gasteiger partial charge in [-0.15, -0.1) is 0 Å². The second kappa shape index (κ2) is 59.7. The molecule has 0 aliphatic rings. The largest absolute Gasteiger partial charge is 0.462 e. The lowest BCUT2D eigenvalue weighted by Crippen LogP contribution is -2.30. The zero-order valence-corrected chi connectivity index (χ0v) is 47.2. The van der Waals surface area contributed by atoms with E-state index in [4.69, 9.17) is 14.2 Å². The van der Waals surface area contributed by atoms with Crippen LogP contribution in [-0.2, 0) is 28.6 Å². The highest BCUT2D eigenvalue weighted by atomic mass is 16.6. The van der Waals surface area contributed by atoms with E-state index in [1.807, 2.05) is 0 Å². The molecular weight excluding hydrogens is 877 g/mol. The average Bonchev–Trinajstić information content (AvgIpc) is 3.37. The van der Waals surface area contributed by atoms with Gasteiger partial charge in [-0.05, 0) is 83.5 Å². The summed E-state index contributed by atoms with van der Waals surface area (Å²) in [4.78, 5) is 38.0. The van der Waals surface area contributed by atoms with Gasteiger partial charge in [0, 0.05) is 19.3 Å². The Kier molecular flexibility index (Phi) is 57.2. The lowest BCUT2D eigenvalue weighted by atomic mass is 10.0. The van der Waals surface area contributed by atoms with E-state index in [-0.39, 0.29) is 31.1 Å². The van der Waals surface area contributed by atoms with Gasteiger partial charge in [-0.2, -0.15) is 0 Å². The van der Waals surface area contributed by atoms with Crippen molar-refractivity contribution in [3.8, 4) is 0 Å². The second-order valence-electron chi connectivity index (χ2n) is 20.6. The van der Waals surface area contributed by atoms with Crippen LogP contribution in [0.2, 0.25) is 0 Å². The van der Waals surface area contributed by atoms with Gasteiger partial charge in [0.15, 0.2) is 6.10 Å². The minimum Gasteiger partial charge on any atom is -0.462 e. The van der Waals surface area contributed by atoms with Crippen molar-refractivity contribution in [3.63, 3.8) is 0 Å². The minimum atomic E-state index is -0.785. The Hall–Kier alpha value is -2.89. The van der Waals surface area contributed by atoms with Gasteiger partial charge in [0.25, 0.3) is 0 Å². The standard InChI is InChI=1S/C65H116O6/c1-4-7-10-13-16-19-21-23-24-25-26-27-28-29-30-31-32-33-34-35-36-37-38-39-40-42-43-46-49-52-55-58-64(67)70-61-62(60-69-63(66)57-54-51-48-45-18-15-12-9-6-3)71-65(68)59-56-53-50-47-44-41-22-20-17-14-11-8-5-2/h8,11,17,20-21,23,25-26,41,44,62H,4-7,9-10,12-16,18-19,22,24,27-40,42-43,45-61H2,1-3H3/b11-8-,20-17-,23-21-,26-25-,44-41-. The molecule has 0 aromatic heterocycles. The molecule has 0 aromatic rings. The second-order valence-corrected chi connectivity index (χ2v) is 20.6. The normalized spacial score (nSPS) is 12.4. The van der Waals surface area contributed by atoms with Crippen molar-refractivity contribution in [1.82, 2.24) is 0 Å². The summed E-state index contributed by atoms with van der Waals surface area (Å²) in [6.07, 6.45) is 75.4. The Morgan fingerprint density at radius 2 is 0.549 bits per heavy atom. The van der Waals surface area contributed by atoms with E-state index in [0.717, 1.165) is 89.9 Å². The van der Waals surface area contributed by atoms with Crippen LogP contribution < -0.4 is 0 Å². The van der Waals surface area contributed by atoms with Crippen molar-refractivity contribution in [2.24, 2.45) is 0 Å². The van der Waals surface area contributed by atoms with Crippen LogP contribution in [0.5, 0.6) is 0 Å². The third-order valence-electron chi connectivity index (χ3n) is 13.5. The Bertz CT molecular complexity index is 1280. The third-order valence-corrected chi connectivity index (χ3v) is 13.5. The molecule has 6 heteroatoms. The van der Waals surface area contributed by atoms with Gasteiger partial charge in [-0.25, -0.2) is 0 Å². The summed E-state index contributed by atoms with van der Waals surface area (Å²) < 4.78 is 16.8. The molecule has 1 atom stereocenters. The van der Waals surface area contributed by atoms with Gasteiger partial charge < -0.3 is 14.2 Å². The maximum Gasteiger partial charge on any atom is 0.306 e. The van der Waals surface area contributed by atoms with Crippen molar-refractivity contribution >= 4 is 17.9 Å². The summed E-state index contributed by atoms with van der Waals surface area (Å²) in [5.74, 6) is -0.903. The number of unbranched alkanes of at least 4 members (excludes halogenated alkanes) is 35. The van der Waals surface area contributed by atoms with Crippen LogP contribution in [0, 0.1) is 0 Å². The molecule has 0 rings (SSSR count). The smallest absolute Gasteiger partial charge is 0.306 e. The number of esters is 3. The molecule has 0 bridgehead atoms. The number of ether oxygens (including phenoxy) is 3. The predicted octanol–water partition coefficient (Wildman–Crippen LogP) is 20.8. The van der Waals surface area contributed by atoms with Gasteiger partial charge in [-0.3, -0.25) is 14.4 Å². The van der Waals surface area contributed by atoms with Crippen molar-refractivity contribution in [2.45, 2.75) is 322 Å². The molecule has 0 spiro atoms. The van der Waals surface area contributed by atoms with Gasteiger partial charge in [0.05, 0.1) is 0 Å². The Labute approximate surface area is 440 Å². The van der Waals surface area contributed by atoms with E-state index in [9.17, 15) is 14.4 Å². The molecule has 0 aliphatic heterocycles. The lowest BCUT2D eigenvalue weighted by molar-refractivity contribution is -0.167. The summed E-state index contributed by atoms with van der Waals surface area (Å²) in [7, 11) is 0. The van der Waals surface area contributed by atoms with Crippen LogP contribution in [0.1, 0.15) is 316 Å². The quantitative estimate of drug-likeness (QED) is 0.0261. The first-order valence-electron chi connectivity index (χ1n) is 30.8. The molecule has 412 valence electrons. The minimum absolute atomic E-state index is 0.0825. The van der Waals surface area contributed by atoms with Crippen molar-refractivity contribution in [1.29, 1.82) is 0 Å². The van der Waals surface area contributed by atoms with E-state index in [1.54, 1.807) is 0 Å². The molecule has 0 amide bonds. The van der Waals surface area contributed by atoms with Crippen molar-refractivity contribution in [3.05, 3.63) is 60.8 Å². The van der Waals surface area contributed by atoms with E-state index in [1.165, 1.54) is 186 Å². The molecule has 0 aromatic carbocycles. The van der Waals surface area contributed by atoms with Gasteiger partial charge >= 0.3 is 17.9 Å². The first kappa shape index (κ1) is 68.1. The number of allylic oxidation sites excluding steroid dienone is 10. The first-order valence-corrected chi connectivity index (χ1v) is 30.8. The first-order chi connectivity index (χ1) is 35.0. The van der Waals surface area contributed by atoms with Gasteiger partial charge in [-0.1, -0.05) is 274 Å². The van der Waals surface area contributed by atoms with E-state index in [0.29, 0.717) is 19.3 Å². The Balaban J connectivity index is 4.05. The maximum atomic E-state index is 12.8. The average molecular weight is 994 g/mol. The Morgan fingerprint density at radius 1 is 0.296 bits per heavy atom. The molecule has 0 radical (unpaired) electrons. The zero-order valence-electron chi connectivity index (χ0n) is 47.2. The SMILES string of the molecule is CC/C=C\C/C=C\C/C=C\CCCCCC(=O)OC(COC(=O)CCCCCCCCCCC)COC(=O)CCCCCCCCCCCCCCCCCCCCC/C=C\C/C=C\CCCCCCC. The maximum absolute atomic E-state index is 12.8. The molecule has 0 aliphatic carbocycles. The number of carbonyl (C=O) groups is 3. The van der Waals surface area contributed by atoms with Gasteiger partial charge in [0.1, 0.15) is 13.2 Å². The highest BCUT2D eigenvalue weighted by Gasteiger charge is 2.19. The summed E-state index contributed by atoms with van der Waals surface area (Å²) in [5.41, 5.74) is 0. The Morgan fingerprint density at radius 3 is 0.873 bits per heavy atom. The summed E-state index contributed by atoms with van der Waals surface area (Å²) in [5, 5.41) is 0. The van der Waals surface area contributed by atoms with Crippen molar-refractivity contribution in [2.75, 3.05) is 13.2 Å². The lowest BCUT2D eigenvalue weighted by Gasteiger charge is -2.18. The molecule has 0 fully saturated rings. The third kappa shape index (κ3) is 57.9. The van der Waals surface area contributed by atoms with E-state index >= 15 is 0 Å². The predicted molar refractivity (Wildman–Crippen MR) is 307 cm³/mol. The molecule has 6 nitrogen and oxygen atoms in total. The van der Waals surface area contributed by atoms with Crippen LogP contribution in [0.15, 0.2) is 60.8 Å². The van der Waals surface area contributed by atoms with Gasteiger partial charge in [0.2, 0.25) is 0 Å². The topological polar surface area (TPSA) is 78.9 Å². The number of hydrogen-bond donors (Lipinski definition) is 0. The van der Waals surface area contributed by atoms with Crippen LogP contribution in [0.3, 0.4) is 0 Å². The van der Waals surface area contributed by atoms with Crippen LogP contribution in [-0.4, -0.2) is 37.2 Å². The van der Waals surface area contributed by atoms with Crippen LogP contribution in [0.4, 0.5) is 0 Å². The molecule has 1 unspecified atom stereocenters. The van der Waals surface area contributed by atoms with E-state index in [2.05, 4.69) is 81.5 Å².